The lowest BCUT2D eigenvalue weighted by Gasteiger charge is -2.18. The number of nitrogens with one attached hydrogen (secondary N) is 1. The van der Waals surface area contributed by atoms with E-state index in [9.17, 15) is 4.79 Å². The zero-order chi connectivity index (χ0) is 20.2. The van der Waals surface area contributed by atoms with Crippen LogP contribution in [-0.4, -0.2) is 20.7 Å². The van der Waals surface area contributed by atoms with Crippen LogP contribution in [0.4, 0.5) is 5.69 Å². The van der Waals surface area contributed by atoms with Crippen LogP contribution in [0.15, 0.2) is 53.7 Å². The van der Waals surface area contributed by atoms with Crippen molar-refractivity contribution in [1.82, 2.24) is 14.8 Å². The summed E-state index contributed by atoms with van der Waals surface area (Å²) in [7, 11) is 0. The zero-order valence-corrected chi connectivity index (χ0v) is 17.7. The van der Waals surface area contributed by atoms with Gasteiger partial charge in [0.1, 0.15) is 11.1 Å². The second-order valence-electron chi connectivity index (χ2n) is 7.58. The number of carbonyl (C=O) groups excluding carboxylic acids is 1. The van der Waals surface area contributed by atoms with Crippen LogP contribution in [0.2, 0.25) is 0 Å². The van der Waals surface area contributed by atoms with Crippen molar-refractivity contribution < 1.29 is 4.79 Å². The Hall–Kier alpha value is -2.60. The molecule has 1 aromatic heterocycles. The highest BCUT2D eigenvalue weighted by molar-refractivity contribution is 8.00. The Morgan fingerprint density at radius 2 is 1.90 bits per heavy atom. The Morgan fingerprint density at radius 3 is 2.72 bits per heavy atom. The van der Waals surface area contributed by atoms with Gasteiger partial charge in [0.05, 0.1) is 0 Å². The van der Waals surface area contributed by atoms with Gasteiger partial charge in [-0.2, -0.15) is 0 Å². The van der Waals surface area contributed by atoms with Crippen LogP contribution >= 0.6 is 11.8 Å². The largest absolute Gasteiger partial charge is 0.325 e. The summed E-state index contributed by atoms with van der Waals surface area (Å²) in [6, 6.07) is 16.0. The van der Waals surface area contributed by atoms with Gasteiger partial charge < -0.3 is 9.88 Å². The average molecular weight is 407 g/mol. The molecule has 0 spiro atoms. The number of nitrogens with zero attached hydrogens (tertiary/aromatic N) is 3. The molecule has 0 saturated heterocycles. The third-order valence-electron chi connectivity index (χ3n) is 5.29. The van der Waals surface area contributed by atoms with Crippen molar-refractivity contribution in [2.75, 3.05) is 5.32 Å². The molecule has 4 rings (SSSR count). The fourth-order valence-electron chi connectivity index (χ4n) is 3.62. The number of carbonyl (C=O) groups is 1. The fraction of sp³-hybridized carbons (Fsp3) is 0.348. The summed E-state index contributed by atoms with van der Waals surface area (Å²) < 4.78 is 2.19. The maximum atomic E-state index is 13.3. The highest BCUT2D eigenvalue weighted by Gasteiger charge is 2.26. The number of fused-ring (bicyclic) bond motifs is 1. The Labute approximate surface area is 175 Å². The molecular weight excluding hydrogens is 380 g/mol. The van der Waals surface area contributed by atoms with E-state index < -0.39 is 5.25 Å². The molecule has 0 radical (unpaired) electrons. The van der Waals surface area contributed by atoms with Gasteiger partial charge in [0.15, 0.2) is 5.16 Å². The Kier molecular flexibility index (Phi) is 6.00. The molecule has 0 unspecified atom stereocenters. The molecule has 3 aromatic rings. The molecular formula is C23H26N4OS. The van der Waals surface area contributed by atoms with Gasteiger partial charge in [0.2, 0.25) is 5.91 Å². The second-order valence-corrected chi connectivity index (χ2v) is 8.65. The molecule has 1 aliphatic rings. The third kappa shape index (κ3) is 4.53. The number of aryl methyl sites for hydroxylation is 3. The van der Waals surface area contributed by atoms with Crippen molar-refractivity contribution in [1.29, 1.82) is 0 Å². The number of anilines is 1. The normalized spacial score (nSPS) is 14.7. The highest BCUT2D eigenvalue weighted by atomic mass is 32.2. The quantitative estimate of drug-likeness (QED) is 0.599. The summed E-state index contributed by atoms with van der Waals surface area (Å²) in [4.78, 5) is 13.3. The summed E-state index contributed by atoms with van der Waals surface area (Å²) in [5.41, 5.74) is 4.00. The van der Waals surface area contributed by atoms with Crippen molar-refractivity contribution in [2.24, 2.45) is 0 Å². The number of aromatic nitrogens is 3. The molecule has 1 aliphatic heterocycles. The maximum absolute atomic E-state index is 13.3. The molecule has 5 nitrogen and oxygen atoms in total. The lowest BCUT2D eigenvalue weighted by Crippen LogP contribution is -2.20. The number of benzene rings is 2. The zero-order valence-electron chi connectivity index (χ0n) is 16.9. The Bertz CT molecular complexity index is 999. The van der Waals surface area contributed by atoms with Crippen LogP contribution in [-0.2, 0) is 17.8 Å². The van der Waals surface area contributed by atoms with E-state index in [0.29, 0.717) is 0 Å². The molecule has 0 saturated carbocycles. The predicted octanol–water partition coefficient (Wildman–Crippen LogP) is 5.09. The average Bonchev–Trinajstić information content (AvgIpc) is 2.95. The van der Waals surface area contributed by atoms with Crippen molar-refractivity contribution in [3.8, 4) is 0 Å². The van der Waals surface area contributed by atoms with Gasteiger partial charge in [-0.1, -0.05) is 60.6 Å². The van der Waals surface area contributed by atoms with E-state index in [2.05, 4.69) is 26.1 Å². The molecule has 1 atom stereocenters. The van der Waals surface area contributed by atoms with Crippen LogP contribution in [0.3, 0.4) is 0 Å². The van der Waals surface area contributed by atoms with Crippen LogP contribution in [0.25, 0.3) is 0 Å². The van der Waals surface area contributed by atoms with E-state index in [1.165, 1.54) is 18.2 Å². The first kappa shape index (κ1) is 19.7. The van der Waals surface area contributed by atoms with Crippen LogP contribution < -0.4 is 5.32 Å². The molecule has 0 fully saturated rings. The van der Waals surface area contributed by atoms with Gasteiger partial charge in [0.25, 0.3) is 0 Å². The van der Waals surface area contributed by atoms with Crippen LogP contribution in [0.5, 0.6) is 0 Å². The molecule has 6 heteroatoms. The molecule has 150 valence electrons. The van der Waals surface area contributed by atoms with Gasteiger partial charge in [-0.25, -0.2) is 0 Å². The fourth-order valence-corrected chi connectivity index (χ4v) is 4.70. The first-order valence-corrected chi connectivity index (χ1v) is 11.0. The molecule has 0 bridgehead atoms. The van der Waals surface area contributed by atoms with Crippen LogP contribution in [0.1, 0.15) is 47.0 Å². The summed E-state index contributed by atoms with van der Waals surface area (Å²) in [6.45, 7) is 4.97. The molecule has 29 heavy (non-hydrogen) atoms. The smallest absolute Gasteiger partial charge is 0.242 e. The Morgan fingerprint density at radius 1 is 1.07 bits per heavy atom. The minimum absolute atomic E-state index is 0.0409. The van der Waals surface area contributed by atoms with Gasteiger partial charge in [-0.3, -0.25) is 4.79 Å². The van der Waals surface area contributed by atoms with E-state index >= 15 is 0 Å². The van der Waals surface area contributed by atoms with Gasteiger partial charge >= 0.3 is 0 Å². The monoisotopic (exact) mass is 406 g/mol. The van der Waals surface area contributed by atoms with E-state index in [1.54, 1.807) is 0 Å². The molecule has 2 heterocycles. The van der Waals surface area contributed by atoms with Crippen LogP contribution in [0, 0.1) is 13.8 Å². The van der Waals surface area contributed by atoms with E-state index in [0.717, 1.165) is 59.2 Å². The van der Waals surface area contributed by atoms with Crippen molar-refractivity contribution in [3.05, 3.63) is 71.0 Å². The number of rotatable bonds is 5. The molecule has 1 N–H and O–H groups in total. The van der Waals surface area contributed by atoms with E-state index in [4.69, 9.17) is 0 Å². The molecule has 2 aromatic carbocycles. The first-order chi connectivity index (χ1) is 14.1. The van der Waals surface area contributed by atoms with Gasteiger partial charge in [-0.15, -0.1) is 10.2 Å². The summed E-state index contributed by atoms with van der Waals surface area (Å²) in [5.74, 6) is 0.993. The summed E-state index contributed by atoms with van der Waals surface area (Å²) in [5, 5.41) is 12.4. The minimum atomic E-state index is -0.396. The minimum Gasteiger partial charge on any atom is -0.325 e. The van der Waals surface area contributed by atoms with E-state index in [1.807, 2.05) is 56.3 Å². The molecule has 0 aliphatic carbocycles. The van der Waals surface area contributed by atoms with Gasteiger partial charge in [0, 0.05) is 18.7 Å². The topological polar surface area (TPSA) is 59.8 Å². The third-order valence-corrected chi connectivity index (χ3v) is 6.53. The lowest BCUT2D eigenvalue weighted by molar-refractivity contribution is -0.115. The summed E-state index contributed by atoms with van der Waals surface area (Å²) >= 11 is 1.49. The van der Waals surface area contributed by atoms with E-state index in [-0.39, 0.29) is 5.91 Å². The first-order valence-electron chi connectivity index (χ1n) is 10.1. The van der Waals surface area contributed by atoms with Gasteiger partial charge in [-0.05, 0) is 49.4 Å². The molecule has 1 amide bonds. The number of hydrogen-bond donors (Lipinski definition) is 1. The number of amides is 1. The predicted molar refractivity (Wildman–Crippen MR) is 117 cm³/mol. The van der Waals surface area contributed by atoms with Crippen molar-refractivity contribution in [2.45, 2.75) is 56.5 Å². The maximum Gasteiger partial charge on any atom is 0.242 e. The van der Waals surface area contributed by atoms with Crippen molar-refractivity contribution >= 4 is 23.4 Å². The van der Waals surface area contributed by atoms with Crippen molar-refractivity contribution in [3.63, 3.8) is 0 Å². The number of thioether (sulfide) groups is 1. The highest BCUT2D eigenvalue weighted by Crippen LogP contribution is 2.36. The second kappa shape index (κ2) is 8.82. The lowest BCUT2D eigenvalue weighted by atomic mass is 10.1. The SMILES string of the molecule is Cc1ccc(C)c(NC(=O)[C@H](Sc2nnc3n2CCCCC3)c2ccccc2)c1. The standard InChI is InChI=1S/C23H26N4OS/c1-16-12-13-17(2)19(15-16)24-22(28)21(18-9-5-3-6-10-18)29-23-26-25-20-11-7-4-8-14-27(20)23/h3,5-6,9-10,12-13,15,21H,4,7-8,11,14H2,1-2H3,(H,24,28)/t21-/m1/s1. The summed E-state index contributed by atoms with van der Waals surface area (Å²) in [6.07, 6.45) is 4.45. The Balaban J connectivity index is 1.63. The number of hydrogen-bond acceptors (Lipinski definition) is 4.